The lowest BCUT2D eigenvalue weighted by Gasteiger charge is -2.12. The van der Waals surface area contributed by atoms with E-state index in [0.29, 0.717) is 23.5 Å². The van der Waals surface area contributed by atoms with Gasteiger partial charge in [-0.05, 0) is 47.7 Å². The van der Waals surface area contributed by atoms with Crippen LogP contribution in [0.25, 0.3) is 11.3 Å². The number of para-hydroxylation sites is 1. The number of nitrogens with zero attached hydrogens (tertiary/aromatic N) is 2. The molecule has 0 saturated heterocycles. The van der Waals surface area contributed by atoms with Gasteiger partial charge in [0.1, 0.15) is 5.69 Å². The Balaban J connectivity index is 1.44. The minimum atomic E-state index is -0.832. The number of carbonyl (C=O) groups excluding carboxylic acids is 1. The highest BCUT2D eigenvalue weighted by molar-refractivity contribution is 6.00. The highest BCUT2D eigenvalue weighted by Crippen LogP contribution is 2.21. The quantitative estimate of drug-likeness (QED) is 0.299. The molecular formula is C29H28N4O4. The zero-order chi connectivity index (χ0) is 26.4. The van der Waals surface area contributed by atoms with Gasteiger partial charge in [0.25, 0.3) is 5.56 Å². The normalized spacial score (nSPS) is 11.5. The number of benzene rings is 3. The topological polar surface area (TPSA) is 113 Å². The molecule has 8 nitrogen and oxygen atoms in total. The van der Waals surface area contributed by atoms with E-state index in [2.05, 4.69) is 15.6 Å². The number of hydrogen-bond donors (Lipinski definition) is 3. The number of aryl methyl sites for hydroxylation is 1. The van der Waals surface area contributed by atoms with Gasteiger partial charge in [0.05, 0.1) is 13.0 Å². The van der Waals surface area contributed by atoms with Crippen LogP contribution < -0.4 is 16.2 Å². The molecule has 4 aromatic rings. The first-order valence-corrected chi connectivity index (χ1v) is 11.9. The maximum Gasteiger partial charge on any atom is 0.323 e. The Labute approximate surface area is 214 Å². The highest BCUT2D eigenvalue weighted by atomic mass is 16.4. The van der Waals surface area contributed by atoms with Gasteiger partial charge >= 0.3 is 12.0 Å². The number of nitrogens with one attached hydrogen (secondary N) is 2. The van der Waals surface area contributed by atoms with Gasteiger partial charge in [-0.2, -0.15) is 0 Å². The summed E-state index contributed by atoms with van der Waals surface area (Å²) in [6.45, 7) is 4.16. The molecule has 4 rings (SSSR count). The number of hydrogen-bond acceptors (Lipinski definition) is 4. The summed E-state index contributed by atoms with van der Waals surface area (Å²) in [7, 11) is 0. The summed E-state index contributed by atoms with van der Waals surface area (Å²) in [5.41, 5.74) is 4.86. The summed E-state index contributed by atoms with van der Waals surface area (Å²) in [6, 6.07) is 21.7. The molecule has 0 bridgehead atoms. The van der Waals surface area contributed by atoms with Gasteiger partial charge in [-0.1, -0.05) is 61.5 Å². The number of amides is 2. The molecule has 1 aromatic heterocycles. The predicted octanol–water partition coefficient (Wildman–Crippen LogP) is 5.49. The lowest BCUT2D eigenvalue weighted by Crippen LogP contribution is -2.23. The van der Waals surface area contributed by atoms with E-state index >= 15 is 0 Å². The smallest absolute Gasteiger partial charge is 0.323 e. The Kier molecular flexibility index (Phi) is 7.78. The summed E-state index contributed by atoms with van der Waals surface area (Å²) in [4.78, 5) is 40.7. The molecule has 0 spiro atoms. The second-order valence-corrected chi connectivity index (χ2v) is 8.92. The number of urea groups is 1. The summed E-state index contributed by atoms with van der Waals surface area (Å²) < 4.78 is 1.58. The van der Waals surface area contributed by atoms with Gasteiger partial charge in [0.2, 0.25) is 0 Å². The van der Waals surface area contributed by atoms with E-state index in [1.807, 2.05) is 62.4 Å². The molecule has 1 atom stereocenters. The Morgan fingerprint density at radius 1 is 0.973 bits per heavy atom. The van der Waals surface area contributed by atoms with Crippen molar-refractivity contribution in [1.29, 1.82) is 0 Å². The van der Waals surface area contributed by atoms with Gasteiger partial charge in [0.15, 0.2) is 0 Å². The summed E-state index contributed by atoms with van der Waals surface area (Å²) >= 11 is 0. The van der Waals surface area contributed by atoms with Crippen LogP contribution in [-0.4, -0.2) is 26.7 Å². The minimum absolute atomic E-state index is 0.0677. The van der Waals surface area contributed by atoms with E-state index in [0.717, 1.165) is 22.4 Å². The van der Waals surface area contributed by atoms with Crippen molar-refractivity contribution >= 4 is 23.4 Å². The van der Waals surface area contributed by atoms with Crippen LogP contribution in [0.15, 0.2) is 90.0 Å². The first-order valence-electron chi connectivity index (χ1n) is 11.9. The number of carboxylic acids is 1. The van der Waals surface area contributed by atoms with Gasteiger partial charge < -0.3 is 20.3 Å². The van der Waals surface area contributed by atoms with E-state index < -0.39 is 5.97 Å². The molecule has 0 fully saturated rings. The van der Waals surface area contributed by atoms with Crippen LogP contribution in [0, 0.1) is 6.92 Å². The molecule has 3 aromatic carbocycles. The van der Waals surface area contributed by atoms with E-state index in [-0.39, 0.29) is 23.9 Å². The SMILES string of the molecule is Cc1ccccc1NC(=O)Nc1ccc(-c2nccn(Cc3ccc([C@H](C)CC(=O)O)cc3)c2=O)cc1. The van der Waals surface area contributed by atoms with Crippen LogP contribution in [0.3, 0.4) is 0 Å². The Morgan fingerprint density at radius 2 is 1.68 bits per heavy atom. The molecular weight excluding hydrogens is 468 g/mol. The molecule has 8 heteroatoms. The fourth-order valence-corrected chi connectivity index (χ4v) is 4.01. The number of aliphatic carboxylic acids is 1. The molecule has 0 radical (unpaired) electrons. The van der Waals surface area contributed by atoms with Crippen LogP contribution in [0.2, 0.25) is 0 Å². The Hall–Kier alpha value is -4.72. The average Bonchev–Trinajstić information content (AvgIpc) is 2.87. The van der Waals surface area contributed by atoms with Crippen molar-refractivity contribution in [3.05, 3.63) is 112 Å². The maximum absolute atomic E-state index is 13.1. The average molecular weight is 497 g/mol. The van der Waals surface area contributed by atoms with Crippen molar-refractivity contribution in [3.8, 4) is 11.3 Å². The third kappa shape index (κ3) is 6.49. The van der Waals surface area contributed by atoms with E-state index in [1.165, 1.54) is 0 Å². The third-order valence-corrected chi connectivity index (χ3v) is 6.11. The zero-order valence-electron chi connectivity index (χ0n) is 20.6. The largest absolute Gasteiger partial charge is 0.481 e. The minimum Gasteiger partial charge on any atom is -0.481 e. The van der Waals surface area contributed by atoms with Gasteiger partial charge in [-0.3, -0.25) is 9.59 Å². The fourth-order valence-electron chi connectivity index (χ4n) is 4.01. The fraction of sp³-hybridized carbons (Fsp3) is 0.172. The summed E-state index contributed by atoms with van der Waals surface area (Å²) in [5.74, 6) is -0.922. The van der Waals surface area contributed by atoms with E-state index in [4.69, 9.17) is 5.11 Å². The van der Waals surface area contributed by atoms with Gasteiger partial charge in [-0.25, -0.2) is 9.78 Å². The number of carboxylic acid groups (broad SMARTS) is 1. The number of aromatic nitrogens is 2. The van der Waals surface area contributed by atoms with Crippen LogP contribution in [0.1, 0.15) is 36.0 Å². The molecule has 0 saturated carbocycles. The first-order chi connectivity index (χ1) is 17.8. The molecule has 188 valence electrons. The lowest BCUT2D eigenvalue weighted by molar-refractivity contribution is -0.137. The van der Waals surface area contributed by atoms with E-state index in [1.54, 1.807) is 41.2 Å². The molecule has 0 aliphatic heterocycles. The van der Waals surface area contributed by atoms with Crippen LogP contribution in [0.4, 0.5) is 16.2 Å². The summed E-state index contributed by atoms with van der Waals surface area (Å²) in [5, 5.41) is 14.6. The van der Waals surface area contributed by atoms with Crippen molar-refractivity contribution < 1.29 is 14.7 Å². The van der Waals surface area contributed by atoms with Crippen molar-refractivity contribution in [1.82, 2.24) is 9.55 Å². The lowest BCUT2D eigenvalue weighted by atomic mass is 9.97. The monoisotopic (exact) mass is 496 g/mol. The number of rotatable bonds is 8. The molecule has 2 amide bonds. The molecule has 0 aliphatic carbocycles. The second-order valence-electron chi connectivity index (χ2n) is 8.92. The van der Waals surface area contributed by atoms with Gasteiger partial charge in [-0.15, -0.1) is 0 Å². The van der Waals surface area contributed by atoms with Crippen molar-refractivity contribution in [2.24, 2.45) is 0 Å². The summed E-state index contributed by atoms with van der Waals surface area (Å²) in [6.07, 6.45) is 3.29. The molecule has 0 unspecified atom stereocenters. The number of anilines is 2. The number of carbonyl (C=O) groups is 2. The van der Waals surface area contributed by atoms with Crippen molar-refractivity contribution in [2.75, 3.05) is 10.6 Å². The van der Waals surface area contributed by atoms with Crippen molar-refractivity contribution in [2.45, 2.75) is 32.7 Å². The Bertz CT molecular complexity index is 1460. The first kappa shape index (κ1) is 25.4. The molecule has 0 aliphatic rings. The Morgan fingerprint density at radius 3 is 2.35 bits per heavy atom. The van der Waals surface area contributed by atoms with Crippen LogP contribution in [-0.2, 0) is 11.3 Å². The molecule has 1 heterocycles. The standard InChI is InChI=1S/C29H28N4O4/c1-19-5-3-4-6-25(19)32-29(37)31-24-13-11-23(12-14-24)27-28(36)33(16-15-30-27)18-21-7-9-22(10-8-21)20(2)17-26(34)35/h3-16,20H,17-18H2,1-2H3,(H,34,35)(H2,31,32,37)/t20-/m1/s1. The second kappa shape index (κ2) is 11.3. The maximum atomic E-state index is 13.1. The molecule has 37 heavy (non-hydrogen) atoms. The van der Waals surface area contributed by atoms with Crippen molar-refractivity contribution in [3.63, 3.8) is 0 Å². The van der Waals surface area contributed by atoms with Crippen LogP contribution >= 0.6 is 0 Å². The van der Waals surface area contributed by atoms with E-state index in [9.17, 15) is 14.4 Å². The predicted molar refractivity (Wildman–Crippen MR) is 144 cm³/mol. The van der Waals surface area contributed by atoms with Crippen LogP contribution in [0.5, 0.6) is 0 Å². The zero-order valence-corrected chi connectivity index (χ0v) is 20.6. The third-order valence-electron chi connectivity index (χ3n) is 6.11. The highest BCUT2D eigenvalue weighted by Gasteiger charge is 2.12. The van der Waals surface area contributed by atoms with Gasteiger partial charge in [0, 0.05) is 29.3 Å². The molecule has 3 N–H and O–H groups in total.